The number of rotatable bonds is 2. The van der Waals surface area contributed by atoms with Crippen molar-refractivity contribution in [1.82, 2.24) is 0 Å². The molecule has 86 valence electrons. The zero-order valence-electron chi connectivity index (χ0n) is 9.77. The molecule has 3 nitrogen and oxygen atoms in total. The van der Waals surface area contributed by atoms with Crippen LogP contribution in [0.1, 0.15) is 31.4 Å². The average Bonchev–Trinajstić information content (AvgIpc) is 2.36. The number of amides is 1. The summed E-state index contributed by atoms with van der Waals surface area (Å²) >= 11 is 0. The van der Waals surface area contributed by atoms with E-state index in [0.29, 0.717) is 6.42 Å². The molecular weight excluding hydrogens is 202 g/mol. The third kappa shape index (κ3) is 1.83. The van der Waals surface area contributed by atoms with Gasteiger partial charge in [-0.15, -0.1) is 0 Å². The normalized spacial score (nSPS) is 19.4. The third-order valence-corrected chi connectivity index (χ3v) is 3.08. The van der Waals surface area contributed by atoms with Crippen LogP contribution in [0.15, 0.2) is 24.3 Å². The molecule has 0 aliphatic carbocycles. The second-order valence-corrected chi connectivity index (χ2v) is 3.97. The Morgan fingerprint density at radius 1 is 1.50 bits per heavy atom. The van der Waals surface area contributed by atoms with Gasteiger partial charge in [-0.1, -0.05) is 25.1 Å². The van der Waals surface area contributed by atoms with E-state index in [1.54, 1.807) is 7.11 Å². The summed E-state index contributed by atoms with van der Waals surface area (Å²) in [5.74, 6) is 0.182. The molecule has 2 rings (SSSR count). The average molecular weight is 219 g/mol. The number of carbonyl (C=O) groups excluding carboxylic acids is 1. The third-order valence-electron chi connectivity index (χ3n) is 3.08. The molecule has 0 radical (unpaired) electrons. The van der Waals surface area contributed by atoms with Crippen LogP contribution in [-0.2, 0) is 9.53 Å². The number of hydrogen-bond acceptors (Lipinski definition) is 2. The molecular formula is C13H17NO2. The molecule has 1 aliphatic rings. The Balaban J connectivity index is 2.38. The molecule has 0 aromatic heterocycles. The summed E-state index contributed by atoms with van der Waals surface area (Å²) in [6.45, 7) is 2.65. The van der Waals surface area contributed by atoms with Crippen molar-refractivity contribution in [3.05, 3.63) is 29.8 Å². The summed E-state index contributed by atoms with van der Waals surface area (Å²) in [5, 5.41) is 0. The van der Waals surface area contributed by atoms with E-state index in [9.17, 15) is 4.79 Å². The van der Waals surface area contributed by atoms with Gasteiger partial charge in [0.1, 0.15) is 0 Å². The molecule has 1 aliphatic heterocycles. The maximum absolute atomic E-state index is 11.8. The fraction of sp³-hybridized carbons (Fsp3) is 0.462. The van der Waals surface area contributed by atoms with Crippen molar-refractivity contribution in [2.24, 2.45) is 0 Å². The first-order valence-corrected chi connectivity index (χ1v) is 5.70. The zero-order valence-corrected chi connectivity index (χ0v) is 9.77. The molecule has 16 heavy (non-hydrogen) atoms. The predicted octanol–water partition coefficient (Wildman–Crippen LogP) is 2.52. The second-order valence-electron chi connectivity index (χ2n) is 3.97. The number of carbonyl (C=O) groups is 1. The van der Waals surface area contributed by atoms with Gasteiger partial charge in [-0.25, -0.2) is 0 Å². The minimum atomic E-state index is 0.122. The van der Waals surface area contributed by atoms with Crippen LogP contribution >= 0.6 is 0 Å². The number of nitrogens with zero attached hydrogens (tertiary/aromatic N) is 1. The van der Waals surface area contributed by atoms with E-state index >= 15 is 0 Å². The zero-order chi connectivity index (χ0) is 11.5. The molecule has 3 heteroatoms. The van der Waals surface area contributed by atoms with Gasteiger partial charge in [-0.05, 0) is 12.5 Å². The van der Waals surface area contributed by atoms with Crippen LogP contribution in [-0.4, -0.2) is 19.6 Å². The van der Waals surface area contributed by atoms with Crippen molar-refractivity contribution >= 4 is 11.6 Å². The van der Waals surface area contributed by atoms with Crippen molar-refractivity contribution < 1.29 is 9.53 Å². The van der Waals surface area contributed by atoms with E-state index in [4.69, 9.17) is 4.74 Å². The Bertz CT molecular complexity index is 389. The minimum Gasteiger partial charge on any atom is -0.377 e. The Hall–Kier alpha value is -1.35. The van der Waals surface area contributed by atoms with E-state index in [0.717, 1.165) is 24.2 Å². The highest BCUT2D eigenvalue weighted by atomic mass is 16.5. The topological polar surface area (TPSA) is 29.5 Å². The van der Waals surface area contributed by atoms with E-state index in [1.807, 2.05) is 36.1 Å². The minimum absolute atomic E-state index is 0.122. The number of ether oxygens (including phenoxy) is 1. The molecule has 1 amide bonds. The van der Waals surface area contributed by atoms with Crippen molar-refractivity contribution in [3.8, 4) is 0 Å². The van der Waals surface area contributed by atoms with Crippen LogP contribution in [0.5, 0.6) is 0 Å². The highest BCUT2D eigenvalue weighted by Crippen LogP contribution is 2.35. The monoisotopic (exact) mass is 219 g/mol. The SMILES string of the molecule is CCC(=O)N1CCC(OC)c2ccccc21. The van der Waals surface area contributed by atoms with E-state index < -0.39 is 0 Å². The fourth-order valence-electron chi connectivity index (χ4n) is 2.22. The second kappa shape index (κ2) is 4.66. The first-order valence-electron chi connectivity index (χ1n) is 5.70. The molecule has 1 aromatic rings. The van der Waals surface area contributed by atoms with Gasteiger partial charge in [0, 0.05) is 31.3 Å². The quantitative estimate of drug-likeness (QED) is 0.765. The summed E-state index contributed by atoms with van der Waals surface area (Å²) in [6.07, 6.45) is 1.54. The number of benzene rings is 1. The Morgan fingerprint density at radius 2 is 2.25 bits per heavy atom. The Kier molecular flexibility index (Phi) is 3.25. The van der Waals surface area contributed by atoms with Gasteiger partial charge >= 0.3 is 0 Å². The lowest BCUT2D eigenvalue weighted by molar-refractivity contribution is -0.118. The van der Waals surface area contributed by atoms with Gasteiger partial charge in [0.2, 0.25) is 5.91 Å². The highest BCUT2D eigenvalue weighted by Gasteiger charge is 2.27. The maximum atomic E-state index is 11.8. The number of anilines is 1. The summed E-state index contributed by atoms with van der Waals surface area (Å²) in [6, 6.07) is 7.99. The molecule has 0 N–H and O–H groups in total. The van der Waals surface area contributed by atoms with Gasteiger partial charge < -0.3 is 9.64 Å². The molecule has 0 bridgehead atoms. The maximum Gasteiger partial charge on any atom is 0.226 e. The van der Waals surface area contributed by atoms with Crippen LogP contribution in [0.4, 0.5) is 5.69 Å². The van der Waals surface area contributed by atoms with Crippen LogP contribution < -0.4 is 4.90 Å². The summed E-state index contributed by atoms with van der Waals surface area (Å²) in [5.41, 5.74) is 2.13. The standard InChI is InChI=1S/C13H17NO2/c1-3-13(15)14-9-8-12(16-2)10-6-4-5-7-11(10)14/h4-7,12H,3,8-9H2,1-2H3. The van der Waals surface area contributed by atoms with E-state index in [2.05, 4.69) is 0 Å². The van der Waals surface area contributed by atoms with Crippen molar-refractivity contribution in [2.75, 3.05) is 18.6 Å². The molecule has 0 saturated heterocycles. The smallest absolute Gasteiger partial charge is 0.226 e. The molecule has 1 unspecified atom stereocenters. The Labute approximate surface area is 96.0 Å². The van der Waals surface area contributed by atoms with Gasteiger partial charge in [0.25, 0.3) is 0 Å². The van der Waals surface area contributed by atoms with Gasteiger partial charge in [-0.3, -0.25) is 4.79 Å². The first-order chi connectivity index (χ1) is 7.77. The molecule has 1 heterocycles. The van der Waals surface area contributed by atoms with Crippen molar-refractivity contribution in [1.29, 1.82) is 0 Å². The van der Waals surface area contributed by atoms with Gasteiger partial charge in [0.15, 0.2) is 0 Å². The lowest BCUT2D eigenvalue weighted by Crippen LogP contribution is -2.36. The molecule has 1 aromatic carbocycles. The lowest BCUT2D eigenvalue weighted by atomic mass is 9.98. The van der Waals surface area contributed by atoms with E-state index in [1.165, 1.54) is 0 Å². The van der Waals surface area contributed by atoms with Gasteiger partial charge in [0.05, 0.1) is 6.10 Å². The predicted molar refractivity (Wildman–Crippen MR) is 63.5 cm³/mol. The number of hydrogen-bond donors (Lipinski definition) is 0. The number of para-hydroxylation sites is 1. The van der Waals surface area contributed by atoms with Crippen molar-refractivity contribution in [3.63, 3.8) is 0 Å². The van der Waals surface area contributed by atoms with Crippen LogP contribution in [0.3, 0.4) is 0 Å². The number of methoxy groups -OCH3 is 1. The highest BCUT2D eigenvalue weighted by molar-refractivity contribution is 5.94. The fourth-order valence-corrected chi connectivity index (χ4v) is 2.22. The lowest BCUT2D eigenvalue weighted by Gasteiger charge is -2.33. The first kappa shape index (κ1) is 11.1. The molecule has 0 fully saturated rings. The van der Waals surface area contributed by atoms with Gasteiger partial charge in [-0.2, -0.15) is 0 Å². The summed E-state index contributed by atoms with van der Waals surface area (Å²) in [7, 11) is 1.72. The molecule has 0 saturated carbocycles. The number of fused-ring (bicyclic) bond motifs is 1. The van der Waals surface area contributed by atoms with Crippen LogP contribution in [0, 0.1) is 0 Å². The van der Waals surface area contributed by atoms with Crippen molar-refractivity contribution in [2.45, 2.75) is 25.9 Å². The van der Waals surface area contributed by atoms with Crippen LogP contribution in [0.25, 0.3) is 0 Å². The van der Waals surface area contributed by atoms with E-state index in [-0.39, 0.29) is 12.0 Å². The summed E-state index contributed by atoms with van der Waals surface area (Å²) < 4.78 is 5.44. The summed E-state index contributed by atoms with van der Waals surface area (Å²) in [4.78, 5) is 13.7. The largest absolute Gasteiger partial charge is 0.377 e. The Morgan fingerprint density at radius 3 is 2.94 bits per heavy atom. The molecule has 0 spiro atoms. The van der Waals surface area contributed by atoms with Crippen LogP contribution in [0.2, 0.25) is 0 Å². The molecule has 1 atom stereocenters.